The second kappa shape index (κ2) is 6.06. The molecule has 90 valence electrons. The number of nitrogens with one attached hydrogen (secondary N) is 1. The highest BCUT2D eigenvalue weighted by molar-refractivity contribution is 9.10. The molecule has 0 saturated carbocycles. The fraction of sp³-hybridized carbons (Fsp3) is 0.455. The molecule has 0 aromatic heterocycles. The van der Waals surface area contributed by atoms with Crippen LogP contribution in [-0.4, -0.2) is 32.1 Å². The summed E-state index contributed by atoms with van der Waals surface area (Å²) in [6, 6.07) is 2.98. The van der Waals surface area contributed by atoms with E-state index in [1.807, 2.05) is 14.1 Å². The van der Waals surface area contributed by atoms with Crippen LogP contribution < -0.4 is 11.1 Å². The highest BCUT2D eigenvalue weighted by Crippen LogP contribution is 2.26. The van der Waals surface area contributed by atoms with Crippen molar-refractivity contribution in [2.24, 2.45) is 0 Å². The molecule has 1 aromatic carbocycles. The summed E-state index contributed by atoms with van der Waals surface area (Å²) in [5.41, 5.74) is 6.97. The maximum atomic E-state index is 13.2. The monoisotopic (exact) mass is 289 g/mol. The summed E-state index contributed by atoms with van der Waals surface area (Å²) in [6.07, 6.45) is 0.990. The van der Waals surface area contributed by atoms with Crippen molar-refractivity contribution in [1.29, 1.82) is 0 Å². The van der Waals surface area contributed by atoms with Crippen LogP contribution in [0.15, 0.2) is 16.6 Å². The Bertz CT molecular complexity index is 355. The van der Waals surface area contributed by atoms with Crippen LogP contribution in [0.25, 0.3) is 0 Å². The molecule has 1 aromatic rings. The molecule has 0 aliphatic carbocycles. The Morgan fingerprint density at radius 1 is 1.44 bits per heavy atom. The van der Waals surface area contributed by atoms with E-state index in [0.29, 0.717) is 15.8 Å². The van der Waals surface area contributed by atoms with Crippen molar-refractivity contribution >= 4 is 27.3 Å². The van der Waals surface area contributed by atoms with E-state index in [2.05, 4.69) is 26.1 Å². The molecule has 0 spiro atoms. The average molecular weight is 290 g/mol. The van der Waals surface area contributed by atoms with Gasteiger partial charge in [-0.2, -0.15) is 0 Å². The van der Waals surface area contributed by atoms with E-state index in [4.69, 9.17) is 5.73 Å². The smallest absolute Gasteiger partial charge is 0.139 e. The highest BCUT2D eigenvalue weighted by Gasteiger charge is 2.05. The zero-order valence-corrected chi connectivity index (χ0v) is 11.1. The summed E-state index contributed by atoms with van der Waals surface area (Å²) < 4.78 is 13.6. The predicted octanol–water partition coefficient (Wildman–Crippen LogP) is 2.53. The van der Waals surface area contributed by atoms with E-state index in [-0.39, 0.29) is 5.82 Å². The molecular formula is C11H17BrFN3. The fourth-order valence-electron chi connectivity index (χ4n) is 1.33. The Morgan fingerprint density at radius 2 is 2.12 bits per heavy atom. The molecule has 0 bridgehead atoms. The average Bonchev–Trinajstić information content (AvgIpc) is 2.19. The van der Waals surface area contributed by atoms with Gasteiger partial charge in [0.2, 0.25) is 0 Å². The molecular weight excluding hydrogens is 273 g/mol. The van der Waals surface area contributed by atoms with Crippen LogP contribution in [0, 0.1) is 5.82 Å². The first kappa shape index (κ1) is 13.3. The summed E-state index contributed by atoms with van der Waals surface area (Å²) in [4.78, 5) is 2.10. The Kier molecular flexibility index (Phi) is 5.02. The van der Waals surface area contributed by atoms with Gasteiger partial charge in [-0.3, -0.25) is 0 Å². The zero-order chi connectivity index (χ0) is 12.1. The van der Waals surface area contributed by atoms with Gasteiger partial charge in [0.1, 0.15) is 5.82 Å². The lowest BCUT2D eigenvalue weighted by atomic mass is 10.2. The number of hydrogen-bond donors (Lipinski definition) is 2. The summed E-state index contributed by atoms with van der Waals surface area (Å²) in [6.45, 7) is 1.77. The van der Waals surface area contributed by atoms with E-state index in [0.717, 1.165) is 19.5 Å². The molecule has 0 heterocycles. The van der Waals surface area contributed by atoms with E-state index in [1.165, 1.54) is 6.07 Å². The minimum atomic E-state index is -0.302. The molecule has 5 heteroatoms. The quantitative estimate of drug-likeness (QED) is 0.647. The predicted molar refractivity (Wildman–Crippen MR) is 70.2 cm³/mol. The number of hydrogen-bond acceptors (Lipinski definition) is 3. The summed E-state index contributed by atoms with van der Waals surface area (Å²) >= 11 is 3.09. The van der Waals surface area contributed by atoms with E-state index in [1.54, 1.807) is 6.07 Å². The molecule has 0 atom stereocenters. The van der Waals surface area contributed by atoms with E-state index < -0.39 is 0 Å². The van der Waals surface area contributed by atoms with Crippen molar-refractivity contribution in [2.45, 2.75) is 6.42 Å². The second-order valence-electron chi connectivity index (χ2n) is 3.94. The minimum absolute atomic E-state index is 0.302. The number of nitrogens with two attached hydrogens (primary N) is 1. The third-order valence-electron chi connectivity index (χ3n) is 2.19. The van der Waals surface area contributed by atoms with Crippen molar-refractivity contribution < 1.29 is 4.39 Å². The van der Waals surface area contributed by atoms with Gasteiger partial charge in [0, 0.05) is 12.6 Å². The zero-order valence-electron chi connectivity index (χ0n) is 9.56. The van der Waals surface area contributed by atoms with Crippen LogP contribution in [0.2, 0.25) is 0 Å². The lowest BCUT2D eigenvalue weighted by molar-refractivity contribution is 0.405. The van der Waals surface area contributed by atoms with Gasteiger partial charge in [-0.05, 0) is 49.1 Å². The summed E-state index contributed by atoms with van der Waals surface area (Å²) in [7, 11) is 4.04. The second-order valence-corrected chi connectivity index (χ2v) is 4.79. The topological polar surface area (TPSA) is 41.3 Å². The molecule has 0 amide bonds. The molecule has 0 aliphatic rings. The first-order valence-electron chi connectivity index (χ1n) is 5.14. The molecule has 0 unspecified atom stereocenters. The van der Waals surface area contributed by atoms with E-state index >= 15 is 0 Å². The maximum absolute atomic E-state index is 13.2. The normalized spacial score (nSPS) is 10.8. The van der Waals surface area contributed by atoms with Crippen molar-refractivity contribution in [1.82, 2.24) is 4.90 Å². The Balaban J connectivity index is 2.51. The van der Waals surface area contributed by atoms with Crippen LogP contribution in [0.4, 0.5) is 15.8 Å². The third kappa shape index (κ3) is 3.98. The number of halogens is 2. The number of nitrogens with zero attached hydrogens (tertiary/aromatic N) is 1. The first-order valence-corrected chi connectivity index (χ1v) is 5.93. The van der Waals surface area contributed by atoms with Crippen LogP contribution in [0.3, 0.4) is 0 Å². The highest BCUT2D eigenvalue weighted by atomic mass is 79.9. The van der Waals surface area contributed by atoms with Crippen molar-refractivity contribution in [3.63, 3.8) is 0 Å². The van der Waals surface area contributed by atoms with Gasteiger partial charge < -0.3 is 16.0 Å². The Hall–Kier alpha value is -0.810. The molecule has 0 radical (unpaired) electrons. The van der Waals surface area contributed by atoms with Crippen LogP contribution in [0.1, 0.15) is 6.42 Å². The first-order chi connectivity index (χ1) is 7.50. The fourth-order valence-corrected chi connectivity index (χ4v) is 1.69. The number of rotatable bonds is 5. The van der Waals surface area contributed by atoms with Crippen LogP contribution >= 0.6 is 15.9 Å². The molecule has 0 saturated heterocycles. The Morgan fingerprint density at radius 3 is 2.75 bits per heavy atom. The van der Waals surface area contributed by atoms with Crippen LogP contribution in [0.5, 0.6) is 0 Å². The molecule has 0 fully saturated rings. The van der Waals surface area contributed by atoms with Gasteiger partial charge in [0.05, 0.1) is 15.8 Å². The molecule has 16 heavy (non-hydrogen) atoms. The SMILES string of the molecule is CN(C)CCCNc1cc(F)c(Br)cc1N. The lowest BCUT2D eigenvalue weighted by Gasteiger charge is -2.12. The van der Waals surface area contributed by atoms with Crippen molar-refractivity contribution in [3.8, 4) is 0 Å². The Labute approximate surface area is 104 Å². The standard InChI is InChI=1S/C11H17BrFN3/c1-16(2)5-3-4-15-11-7-9(13)8(12)6-10(11)14/h6-7,15H,3-5,14H2,1-2H3. The van der Waals surface area contributed by atoms with Crippen LogP contribution in [-0.2, 0) is 0 Å². The van der Waals surface area contributed by atoms with Gasteiger partial charge in [0.25, 0.3) is 0 Å². The van der Waals surface area contributed by atoms with Gasteiger partial charge in [0.15, 0.2) is 0 Å². The number of anilines is 2. The number of nitrogen functional groups attached to an aromatic ring is 1. The summed E-state index contributed by atoms with van der Waals surface area (Å²) in [5, 5.41) is 3.12. The van der Waals surface area contributed by atoms with Gasteiger partial charge >= 0.3 is 0 Å². The molecule has 3 N–H and O–H groups in total. The van der Waals surface area contributed by atoms with Gasteiger partial charge in [-0.25, -0.2) is 4.39 Å². The van der Waals surface area contributed by atoms with Crippen molar-refractivity contribution in [2.75, 3.05) is 38.2 Å². The maximum Gasteiger partial charge on any atom is 0.139 e. The largest absolute Gasteiger partial charge is 0.397 e. The number of benzene rings is 1. The minimum Gasteiger partial charge on any atom is -0.397 e. The third-order valence-corrected chi connectivity index (χ3v) is 2.80. The summed E-state index contributed by atoms with van der Waals surface area (Å²) in [5.74, 6) is -0.302. The van der Waals surface area contributed by atoms with Gasteiger partial charge in [-0.15, -0.1) is 0 Å². The van der Waals surface area contributed by atoms with Crippen molar-refractivity contribution in [3.05, 3.63) is 22.4 Å². The molecule has 0 aliphatic heterocycles. The lowest BCUT2D eigenvalue weighted by Crippen LogP contribution is -2.16. The van der Waals surface area contributed by atoms with E-state index in [9.17, 15) is 4.39 Å². The molecule has 1 rings (SSSR count). The molecule has 3 nitrogen and oxygen atoms in total. The van der Waals surface area contributed by atoms with Gasteiger partial charge in [-0.1, -0.05) is 0 Å².